The lowest BCUT2D eigenvalue weighted by molar-refractivity contribution is 1.07. The Balaban J connectivity index is 1.06. The van der Waals surface area contributed by atoms with E-state index in [-0.39, 0.29) is 0 Å². The number of aromatic nitrogens is 4. The maximum atomic E-state index is 5.14. The molecule has 11 aromatic rings. The molecule has 0 amide bonds. The van der Waals surface area contributed by atoms with Crippen LogP contribution < -0.4 is 0 Å². The number of fused-ring (bicyclic) bond motifs is 6. The molecule has 0 fully saturated rings. The minimum absolute atomic E-state index is 0.623. The van der Waals surface area contributed by atoms with Crippen molar-refractivity contribution in [3.63, 3.8) is 0 Å². The van der Waals surface area contributed by atoms with Gasteiger partial charge in [0.2, 0.25) is 0 Å². The summed E-state index contributed by atoms with van der Waals surface area (Å²) in [7, 11) is 0. The molecule has 0 unspecified atom stereocenters. The summed E-state index contributed by atoms with van der Waals surface area (Å²) in [5.74, 6) is 1.88. The Bertz CT molecular complexity index is 3260. The third kappa shape index (κ3) is 5.83. The maximum absolute atomic E-state index is 5.14. The quantitative estimate of drug-likeness (QED) is 0.171. The highest BCUT2D eigenvalue weighted by Gasteiger charge is 2.18. The van der Waals surface area contributed by atoms with Crippen molar-refractivity contribution in [1.29, 1.82) is 0 Å². The van der Waals surface area contributed by atoms with E-state index in [2.05, 4.69) is 199 Å². The van der Waals surface area contributed by atoms with E-state index >= 15 is 0 Å². The lowest BCUT2D eigenvalue weighted by Gasteiger charge is -2.12. The second-order valence-electron chi connectivity index (χ2n) is 14.5. The van der Waals surface area contributed by atoms with Crippen LogP contribution in [-0.2, 0) is 0 Å². The lowest BCUT2D eigenvalue weighted by Crippen LogP contribution is -2.01. The zero-order valence-electron chi connectivity index (χ0n) is 30.9. The Labute approximate surface area is 330 Å². The van der Waals surface area contributed by atoms with Crippen molar-refractivity contribution in [3.8, 4) is 62.1 Å². The third-order valence-corrected chi connectivity index (χ3v) is 11.0. The Morgan fingerprint density at radius 1 is 0.281 bits per heavy atom. The number of hydrogen-bond acceptors (Lipinski definition) is 3. The Kier molecular flexibility index (Phi) is 7.78. The Hall–Kier alpha value is -7.69. The molecule has 0 saturated carbocycles. The molecule has 0 aliphatic rings. The van der Waals surface area contributed by atoms with Crippen LogP contribution in [0.25, 0.3) is 105 Å². The maximum Gasteiger partial charge on any atom is 0.164 e. The predicted octanol–water partition coefficient (Wildman–Crippen LogP) is 13.6. The van der Waals surface area contributed by atoms with Gasteiger partial charge in [0.1, 0.15) is 0 Å². The number of benzene rings is 9. The van der Waals surface area contributed by atoms with Crippen LogP contribution in [-0.4, -0.2) is 19.5 Å². The van der Waals surface area contributed by atoms with E-state index in [1.165, 1.54) is 48.9 Å². The molecule has 2 heterocycles. The van der Waals surface area contributed by atoms with Gasteiger partial charge in [-0.3, -0.25) is 0 Å². The molecule has 266 valence electrons. The van der Waals surface area contributed by atoms with Gasteiger partial charge in [-0.25, -0.2) is 15.0 Å². The van der Waals surface area contributed by atoms with Crippen LogP contribution in [0.15, 0.2) is 206 Å². The van der Waals surface area contributed by atoms with Crippen molar-refractivity contribution in [2.75, 3.05) is 0 Å². The molecule has 0 spiro atoms. The van der Waals surface area contributed by atoms with Crippen LogP contribution in [0.3, 0.4) is 0 Å². The molecular formula is C53H34N4. The molecule has 0 aliphatic carbocycles. The number of nitrogens with zero attached hydrogens (tertiary/aromatic N) is 4. The largest absolute Gasteiger partial charge is 0.309 e. The van der Waals surface area contributed by atoms with E-state index in [4.69, 9.17) is 15.0 Å². The van der Waals surface area contributed by atoms with Crippen LogP contribution in [0, 0.1) is 0 Å². The normalized spacial score (nSPS) is 11.5. The first-order valence-corrected chi connectivity index (χ1v) is 19.3. The van der Waals surface area contributed by atoms with Gasteiger partial charge in [-0.2, -0.15) is 0 Å². The minimum atomic E-state index is 0.623. The average molecular weight is 727 g/mol. The summed E-state index contributed by atoms with van der Waals surface area (Å²) in [4.78, 5) is 15.3. The fourth-order valence-corrected chi connectivity index (χ4v) is 8.16. The molecule has 9 aromatic carbocycles. The van der Waals surface area contributed by atoms with Gasteiger partial charge in [0.25, 0.3) is 0 Å². The first-order valence-electron chi connectivity index (χ1n) is 19.3. The highest BCUT2D eigenvalue weighted by molar-refractivity contribution is 6.20. The zero-order valence-corrected chi connectivity index (χ0v) is 30.9. The monoisotopic (exact) mass is 726 g/mol. The minimum Gasteiger partial charge on any atom is -0.309 e. The van der Waals surface area contributed by atoms with Gasteiger partial charge in [-0.05, 0) is 80.9 Å². The van der Waals surface area contributed by atoms with E-state index in [9.17, 15) is 0 Å². The SMILES string of the molecule is c1ccc(-c2ccc(-c3nc(-c4ccc(-n5c6cc7ccccc7cc6c6ccc7ccccc7c65)cc4)nc(-c4cccc(-c5ccccc5)c4)n3)cc2)cc1. The number of hydrogen-bond donors (Lipinski definition) is 0. The summed E-state index contributed by atoms with van der Waals surface area (Å²) in [5.41, 5.74) is 10.8. The second-order valence-corrected chi connectivity index (χ2v) is 14.5. The van der Waals surface area contributed by atoms with Gasteiger partial charge in [-0.15, -0.1) is 0 Å². The fraction of sp³-hybridized carbons (Fsp3) is 0. The van der Waals surface area contributed by atoms with Crippen molar-refractivity contribution >= 4 is 43.4 Å². The summed E-state index contributed by atoms with van der Waals surface area (Å²) in [5, 5.41) is 7.37. The molecule has 57 heavy (non-hydrogen) atoms. The van der Waals surface area contributed by atoms with E-state index in [1.54, 1.807) is 0 Å². The van der Waals surface area contributed by atoms with E-state index in [0.717, 1.165) is 39.1 Å². The molecule has 0 radical (unpaired) electrons. The molecular weight excluding hydrogens is 693 g/mol. The van der Waals surface area contributed by atoms with Crippen LogP contribution in [0.5, 0.6) is 0 Å². The first kappa shape index (κ1) is 32.7. The molecule has 4 heteroatoms. The standard InChI is InChI=1S/C53H34N4/c1-3-12-35(13-4-1)37-22-24-39(25-23-37)51-54-52(56-53(55-51)44-20-11-19-41(32-44)36-14-5-2-6-15-36)40-26-29-45(30-27-40)57-49-34-43-18-8-7-17-42(43)33-48(49)47-31-28-38-16-9-10-21-46(38)50(47)57/h1-34H. The van der Waals surface area contributed by atoms with Crippen molar-refractivity contribution in [3.05, 3.63) is 206 Å². The summed E-state index contributed by atoms with van der Waals surface area (Å²) in [6, 6.07) is 72.9. The van der Waals surface area contributed by atoms with E-state index in [1.807, 2.05) is 12.1 Å². The van der Waals surface area contributed by atoms with Gasteiger partial charge in [0, 0.05) is 38.5 Å². The van der Waals surface area contributed by atoms with E-state index in [0.29, 0.717) is 17.5 Å². The molecule has 0 aliphatic heterocycles. The van der Waals surface area contributed by atoms with Crippen LogP contribution in [0.1, 0.15) is 0 Å². The average Bonchev–Trinajstić information content (AvgIpc) is 3.62. The summed E-state index contributed by atoms with van der Waals surface area (Å²) < 4.78 is 2.41. The van der Waals surface area contributed by atoms with Crippen molar-refractivity contribution < 1.29 is 0 Å². The third-order valence-electron chi connectivity index (χ3n) is 11.0. The number of rotatable bonds is 6. The molecule has 4 nitrogen and oxygen atoms in total. The molecule has 0 atom stereocenters. The zero-order chi connectivity index (χ0) is 37.7. The lowest BCUT2D eigenvalue weighted by atomic mass is 10.0. The van der Waals surface area contributed by atoms with Crippen LogP contribution in [0.2, 0.25) is 0 Å². The van der Waals surface area contributed by atoms with Gasteiger partial charge in [0.05, 0.1) is 11.0 Å². The van der Waals surface area contributed by atoms with Crippen molar-refractivity contribution in [1.82, 2.24) is 19.5 Å². The predicted molar refractivity (Wildman–Crippen MR) is 236 cm³/mol. The summed E-state index contributed by atoms with van der Waals surface area (Å²) >= 11 is 0. The van der Waals surface area contributed by atoms with Crippen molar-refractivity contribution in [2.24, 2.45) is 0 Å². The Morgan fingerprint density at radius 3 is 1.46 bits per heavy atom. The molecule has 11 rings (SSSR count). The summed E-state index contributed by atoms with van der Waals surface area (Å²) in [6.45, 7) is 0. The first-order chi connectivity index (χ1) is 28.2. The molecule has 0 saturated heterocycles. The van der Waals surface area contributed by atoms with Crippen molar-refractivity contribution in [2.45, 2.75) is 0 Å². The Morgan fingerprint density at radius 2 is 0.772 bits per heavy atom. The van der Waals surface area contributed by atoms with Crippen LogP contribution in [0.4, 0.5) is 0 Å². The highest BCUT2D eigenvalue weighted by Crippen LogP contribution is 2.39. The highest BCUT2D eigenvalue weighted by atomic mass is 15.0. The summed E-state index contributed by atoms with van der Waals surface area (Å²) in [6.07, 6.45) is 0. The molecule has 0 N–H and O–H groups in total. The topological polar surface area (TPSA) is 43.6 Å². The van der Waals surface area contributed by atoms with Crippen LogP contribution >= 0.6 is 0 Å². The van der Waals surface area contributed by atoms with Gasteiger partial charge in [0.15, 0.2) is 17.5 Å². The molecule has 2 aromatic heterocycles. The van der Waals surface area contributed by atoms with Gasteiger partial charge in [-0.1, -0.05) is 164 Å². The van der Waals surface area contributed by atoms with Gasteiger partial charge < -0.3 is 4.57 Å². The fourth-order valence-electron chi connectivity index (χ4n) is 8.16. The van der Waals surface area contributed by atoms with E-state index < -0.39 is 0 Å². The second kappa shape index (κ2) is 13.6. The molecule has 0 bridgehead atoms. The van der Waals surface area contributed by atoms with Gasteiger partial charge >= 0.3 is 0 Å². The smallest absolute Gasteiger partial charge is 0.164 e.